The predicted octanol–water partition coefficient (Wildman–Crippen LogP) is 4.11. The maximum Gasteiger partial charge on any atom is 0.253 e. The van der Waals surface area contributed by atoms with Crippen LogP contribution in [-0.4, -0.2) is 62.5 Å². The second-order valence-electron chi connectivity index (χ2n) is 9.97. The van der Waals surface area contributed by atoms with Crippen molar-refractivity contribution >= 4 is 16.5 Å². The van der Waals surface area contributed by atoms with Crippen molar-refractivity contribution in [2.24, 2.45) is 0 Å². The molecule has 1 saturated heterocycles. The molecule has 6 rings (SSSR count). The third-order valence-electron chi connectivity index (χ3n) is 7.48. The molecule has 0 bridgehead atoms. The van der Waals surface area contributed by atoms with E-state index in [9.17, 15) is 9.18 Å². The number of nitrogens with zero attached hydrogens (tertiary/aromatic N) is 5. The van der Waals surface area contributed by atoms with Gasteiger partial charge in [0.1, 0.15) is 17.6 Å². The summed E-state index contributed by atoms with van der Waals surface area (Å²) in [7, 11) is 0. The normalized spacial score (nSPS) is 18.8. The molecule has 1 N–H and O–H groups in total. The van der Waals surface area contributed by atoms with Crippen molar-refractivity contribution in [3.05, 3.63) is 87.7 Å². The van der Waals surface area contributed by atoms with Crippen molar-refractivity contribution in [2.75, 3.05) is 26.3 Å². The molecule has 0 saturated carbocycles. The van der Waals surface area contributed by atoms with E-state index in [1.165, 1.54) is 12.1 Å². The van der Waals surface area contributed by atoms with Crippen LogP contribution in [0.5, 0.6) is 5.75 Å². The first-order chi connectivity index (χ1) is 19.1. The van der Waals surface area contributed by atoms with Gasteiger partial charge in [0, 0.05) is 36.2 Å². The van der Waals surface area contributed by atoms with Gasteiger partial charge < -0.3 is 14.5 Å². The zero-order valence-electron chi connectivity index (χ0n) is 21.8. The summed E-state index contributed by atoms with van der Waals surface area (Å²) in [4.78, 5) is 18.8. The Balaban J connectivity index is 1.40. The highest BCUT2D eigenvalue weighted by molar-refractivity contribution is 5.80. The lowest BCUT2D eigenvalue weighted by Crippen LogP contribution is -2.38. The van der Waals surface area contributed by atoms with E-state index < -0.39 is 6.04 Å². The molecule has 202 valence electrons. The number of benzene rings is 2. The van der Waals surface area contributed by atoms with Crippen molar-refractivity contribution in [1.82, 2.24) is 30.1 Å². The van der Waals surface area contributed by atoms with Crippen molar-refractivity contribution in [3.63, 3.8) is 0 Å². The summed E-state index contributed by atoms with van der Waals surface area (Å²) < 4.78 is 26.8. The first-order valence-electron chi connectivity index (χ1n) is 13.5. The van der Waals surface area contributed by atoms with Gasteiger partial charge in [0.15, 0.2) is 5.82 Å². The molecule has 0 aliphatic carbocycles. The van der Waals surface area contributed by atoms with E-state index in [2.05, 4.69) is 31.5 Å². The van der Waals surface area contributed by atoms with Gasteiger partial charge in [0.25, 0.3) is 5.56 Å². The molecule has 1 fully saturated rings. The van der Waals surface area contributed by atoms with E-state index >= 15 is 0 Å². The Morgan fingerprint density at radius 2 is 2.08 bits per heavy atom. The van der Waals surface area contributed by atoms with Crippen LogP contribution in [0.2, 0.25) is 0 Å². The van der Waals surface area contributed by atoms with Crippen LogP contribution in [-0.2, 0) is 11.3 Å². The number of fused-ring (bicyclic) bond motifs is 1. The lowest BCUT2D eigenvalue weighted by Gasteiger charge is -2.33. The van der Waals surface area contributed by atoms with Gasteiger partial charge in [-0.3, -0.25) is 9.69 Å². The van der Waals surface area contributed by atoms with Gasteiger partial charge in [0.2, 0.25) is 0 Å². The smallest absolute Gasteiger partial charge is 0.253 e. The van der Waals surface area contributed by atoms with Gasteiger partial charge in [-0.2, -0.15) is 0 Å². The number of pyridine rings is 1. The Morgan fingerprint density at radius 3 is 2.82 bits per heavy atom. The van der Waals surface area contributed by atoms with Gasteiger partial charge in [-0.15, -0.1) is 5.10 Å². The molecule has 10 heteroatoms. The topological polar surface area (TPSA) is 98.2 Å². The highest BCUT2D eigenvalue weighted by Crippen LogP contribution is 2.32. The van der Waals surface area contributed by atoms with Crippen LogP contribution < -0.4 is 10.3 Å². The molecular formula is C29H31FN6O3. The predicted molar refractivity (Wildman–Crippen MR) is 145 cm³/mol. The third-order valence-corrected chi connectivity index (χ3v) is 7.48. The Hall–Kier alpha value is -3.89. The fourth-order valence-corrected chi connectivity index (χ4v) is 5.52. The number of ether oxygens (including phenoxy) is 2. The number of rotatable bonds is 8. The number of tetrazole rings is 1. The molecule has 0 amide bonds. The van der Waals surface area contributed by atoms with Gasteiger partial charge >= 0.3 is 0 Å². The van der Waals surface area contributed by atoms with E-state index in [1.54, 1.807) is 16.8 Å². The Bertz CT molecular complexity index is 1540. The molecule has 2 aliphatic rings. The number of aromatic amines is 1. The fraction of sp³-hybridized carbons (Fsp3) is 0.379. The second-order valence-corrected chi connectivity index (χ2v) is 9.97. The van der Waals surface area contributed by atoms with Gasteiger partial charge in [-0.25, -0.2) is 9.07 Å². The van der Waals surface area contributed by atoms with E-state index in [-0.39, 0.29) is 17.5 Å². The molecule has 39 heavy (non-hydrogen) atoms. The van der Waals surface area contributed by atoms with Crippen LogP contribution in [0, 0.1) is 5.82 Å². The highest BCUT2D eigenvalue weighted by atomic mass is 19.1. The molecule has 2 aliphatic heterocycles. The Kier molecular flexibility index (Phi) is 7.21. The molecule has 2 atom stereocenters. The molecule has 4 heterocycles. The summed E-state index contributed by atoms with van der Waals surface area (Å²) >= 11 is 0. The maximum absolute atomic E-state index is 13.5. The van der Waals surface area contributed by atoms with Crippen LogP contribution in [0.25, 0.3) is 16.5 Å². The lowest BCUT2D eigenvalue weighted by molar-refractivity contribution is 0.0910. The number of halogens is 1. The van der Waals surface area contributed by atoms with E-state index in [4.69, 9.17) is 9.47 Å². The zero-order valence-corrected chi connectivity index (χ0v) is 21.8. The molecule has 9 nitrogen and oxygen atoms in total. The van der Waals surface area contributed by atoms with Crippen molar-refractivity contribution in [1.29, 1.82) is 0 Å². The second kappa shape index (κ2) is 11.1. The first kappa shape index (κ1) is 25.4. The Morgan fingerprint density at radius 1 is 1.21 bits per heavy atom. The van der Waals surface area contributed by atoms with Crippen molar-refractivity contribution < 1.29 is 13.9 Å². The van der Waals surface area contributed by atoms with Gasteiger partial charge in [0.05, 0.1) is 19.3 Å². The molecular weight excluding hydrogens is 499 g/mol. The summed E-state index contributed by atoms with van der Waals surface area (Å²) in [5.41, 5.74) is 3.28. The van der Waals surface area contributed by atoms with E-state index in [0.717, 1.165) is 53.7 Å². The summed E-state index contributed by atoms with van der Waals surface area (Å²) in [6, 6.07) is 13.7. The highest BCUT2D eigenvalue weighted by Gasteiger charge is 2.32. The summed E-state index contributed by atoms with van der Waals surface area (Å²) in [5.74, 6) is 1.10. The standard InChI is InChI=1S/C29H31FN6O3/c1-2-38-23-9-10-26-21(16-23)17-25(29(37)31-26)27(28-32-33-34-36(28)18-24-4-3-15-39-24)35-13-11-20(12-14-35)19-5-7-22(30)8-6-19/h5-11,16-17,24,27H,2-4,12-15,18H2,1H3,(H,31,37)/t24-,27+/m1/s1. The Labute approximate surface area is 225 Å². The van der Waals surface area contributed by atoms with Crippen molar-refractivity contribution in [3.8, 4) is 5.75 Å². The molecule has 2 aromatic heterocycles. The van der Waals surface area contributed by atoms with Crippen molar-refractivity contribution in [2.45, 2.75) is 44.9 Å². The van der Waals surface area contributed by atoms with Crippen LogP contribution in [0.3, 0.4) is 0 Å². The zero-order chi connectivity index (χ0) is 26.8. The van der Waals surface area contributed by atoms with E-state index in [0.29, 0.717) is 37.6 Å². The number of aromatic nitrogens is 5. The van der Waals surface area contributed by atoms with Gasteiger partial charge in [-0.05, 0) is 84.1 Å². The third kappa shape index (κ3) is 5.35. The number of hydrogen-bond donors (Lipinski definition) is 1. The molecule has 0 unspecified atom stereocenters. The molecule has 0 spiro atoms. The first-order valence-corrected chi connectivity index (χ1v) is 13.5. The molecule has 4 aromatic rings. The largest absolute Gasteiger partial charge is 0.494 e. The maximum atomic E-state index is 13.5. The average molecular weight is 531 g/mol. The van der Waals surface area contributed by atoms with Crippen LogP contribution in [0.4, 0.5) is 4.39 Å². The number of H-pyrrole nitrogens is 1. The van der Waals surface area contributed by atoms with Crippen LogP contribution in [0.1, 0.15) is 49.2 Å². The number of hydrogen-bond acceptors (Lipinski definition) is 7. The SMILES string of the molecule is CCOc1ccc2[nH]c(=O)c([C@@H](c3nnnn3C[C@H]3CCCO3)N3CC=C(c4ccc(F)cc4)CC3)cc2c1. The molecule has 2 aromatic carbocycles. The minimum Gasteiger partial charge on any atom is -0.494 e. The summed E-state index contributed by atoms with van der Waals surface area (Å²) in [6.45, 7) is 5.03. The van der Waals surface area contributed by atoms with Gasteiger partial charge in [-0.1, -0.05) is 18.2 Å². The van der Waals surface area contributed by atoms with Crippen LogP contribution >= 0.6 is 0 Å². The fourth-order valence-electron chi connectivity index (χ4n) is 5.52. The average Bonchev–Trinajstić information content (AvgIpc) is 3.63. The van der Waals surface area contributed by atoms with Crippen LogP contribution in [0.15, 0.2) is 59.4 Å². The monoisotopic (exact) mass is 530 g/mol. The molecule has 0 radical (unpaired) electrons. The quantitative estimate of drug-likeness (QED) is 0.366. The summed E-state index contributed by atoms with van der Waals surface area (Å²) in [6.07, 6.45) is 4.90. The van der Waals surface area contributed by atoms with E-state index in [1.807, 2.05) is 31.2 Å². The minimum atomic E-state index is -0.476. The summed E-state index contributed by atoms with van der Waals surface area (Å²) in [5, 5.41) is 13.6. The minimum absolute atomic E-state index is 0.0443. The number of nitrogens with one attached hydrogen (secondary N) is 1. The lowest BCUT2D eigenvalue weighted by atomic mass is 9.96.